The third kappa shape index (κ3) is 2.31. The number of nitrogens with one attached hydrogen (secondary N) is 1. The average molecular weight is 289 g/mol. The molecule has 1 aromatic rings. The number of amides is 1. The number of carbonyl (C=O) groups excluding carboxylic acids is 2. The van der Waals surface area contributed by atoms with Crippen molar-refractivity contribution in [2.75, 3.05) is 13.7 Å². The Labute approximate surface area is 123 Å². The van der Waals surface area contributed by atoms with E-state index in [0.717, 1.165) is 18.4 Å². The van der Waals surface area contributed by atoms with Crippen LogP contribution in [-0.2, 0) is 14.3 Å². The molecule has 1 spiro atoms. The van der Waals surface area contributed by atoms with Gasteiger partial charge in [-0.15, -0.1) is 0 Å². The minimum atomic E-state index is -0.437. The molecular weight excluding hydrogens is 270 g/mol. The second-order valence-electron chi connectivity index (χ2n) is 5.87. The standard InChI is InChI=1S/C16H19NO4/c1-21-15(20)13-12(16(13)7-8-16)14(19)17-11(9-18)10-5-3-2-4-6-10/h2-6,11-13,18H,7-9H2,1H3,(H,17,19)/t11-,12+,13+/m0/s1. The van der Waals surface area contributed by atoms with Gasteiger partial charge in [-0.3, -0.25) is 9.59 Å². The van der Waals surface area contributed by atoms with Gasteiger partial charge < -0.3 is 15.2 Å². The molecule has 0 heterocycles. The molecule has 2 saturated carbocycles. The van der Waals surface area contributed by atoms with Gasteiger partial charge in [-0.2, -0.15) is 0 Å². The van der Waals surface area contributed by atoms with E-state index in [9.17, 15) is 14.7 Å². The topological polar surface area (TPSA) is 75.6 Å². The molecule has 112 valence electrons. The Balaban J connectivity index is 1.68. The van der Waals surface area contributed by atoms with Gasteiger partial charge >= 0.3 is 5.97 Å². The maximum absolute atomic E-state index is 12.4. The number of benzene rings is 1. The predicted octanol–water partition coefficient (Wildman–Crippen LogP) is 1.04. The zero-order chi connectivity index (χ0) is 15.0. The first-order chi connectivity index (χ1) is 10.1. The van der Waals surface area contributed by atoms with Crippen LogP contribution in [0.2, 0.25) is 0 Å². The average Bonchev–Trinajstić information content (AvgIpc) is 3.43. The summed E-state index contributed by atoms with van der Waals surface area (Å²) in [4.78, 5) is 24.1. The molecule has 2 fully saturated rings. The van der Waals surface area contributed by atoms with Crippen molar-refractivity contribution in [2.24, 2.45) is 17.3 Å². The Kier molecular flexibility index (Phi) is 3.45. The second-order valence-corrected chi connectivity index (χ2v) is 5.87. The lowest BCUT2D eigenvalue weighted by molar-refractivity contribution is -0.143. The Morgan fingerprint density at radius 1 is 1.33 bits per heavy atom. The highest BCUT2D eigenvalue weighted by molar-refractivity contribution is 5.93. The maximum Gasteiger partial charge on any atom is 0.310 e. The molecule has 5 nitrogen and oxygen atoms in total. The minimum Gasteiger partial charge on any atom is -0.469 e. The summed E-state index contributed by atoms with van der Waals surface area (Å²) in [5, 5.41) is 12.3. The molecule has 0 aromatic heterocycles. The van der Waals surface area contributed by atoms with Crippen LogP contribution in [-0.4, -0.2) is 30.7 Å². The van der Waals surface area contributed by atoms with Crippen LogP contribution in [0.5, 0.6) is 0 Å². The number of hydrogen-bond donors (Lipinski definition) is 2. The first-order valence-corrected chi connectivity index (χ1v) is 7.18. The Morgan fingerprint density at radius 2 is 2.00 bits per heavy atom. The molecule has 2 aliphatic carbocycles. The van der Waals surface area contributed by atoms with Gasteiger partial charge in [0.1, 0.15) is 0 Å². The zero-order valence-electron chi connectivity index (χ0n) is 11.9. The number of aliphatic hydroxyl groups excluding tert-OH is 1. The number of methoxy groups -OCH3 is 1. The van der Waals surface area contributed by atoms with Gasteiger partial charge in [-0.25, -0.2) is 0 Å². The summed E-state index contributed by atoms with van der Waals surface area (Å²) in [6.45, 7) is -0.168. The van der Waals surface area contributed by atoms with Crippen molar-refractivity contribution < 1.29 is 19.4 Å². The van der Waals surface area contributed by atoms with E-state index >= 15 is 0 Å². The molecule has 1 amide bonds. The number of carbonyl (C=O) groups is 2. The zero-order valence-corrected chi connectivity index (χ0v) is 11.9. The van der Waals surface area contributed by atoms with Crippen LogP contribution in [0.3, 0.4) is 0 Å². The lowest BCUT2D eigenvalue weighted by Gasteiger charge is -2.16. The third-order valence-corrected chi connectivity index (χ3v) is 4.73. The molecule has 0 unspecified atom stereocenters. The summed E-state index contributed by atoms with van der Waals surface area (Å²) in [7, 11) is 1.35. The van der Waals surface area contributed by atoms with Crippen molar-refractivity contribution in [1.29, 1.82) is 0 Å². The van der Waals surface area contributed by atoms with Crippen LogP contribution < -0.4 is 5.32 Å². The minimum absolute atomic E-state index is 0.159. The van der Waals surface area contributed by atoms with Crippen molar-refractivity contribution in [1.82, 2.24) is 5.32 Å². The number of hydrogen-bond acceptors (Lipinski definition) is 4. The van der Waals surface area contributed by atoms with E-state index in [-0.39, 0.29) is 35.7 Å². The lowest BCUT2D eigenvalue weighted by Crippen LogP contribution is -2.33. The summed E-state index contributed by atoms with van der Waals surface area (Å²) < 4.78 is 4.78. The molecule has 0 radical (unpaired) electrons. The molecule has 1 aromatic carbocycles. The normalized spacial score (nSPS) is 26.0. The first-order valence-electron chi connectivity index (χ1n) is 7.18. The highest BCUT2D eigenvalue weighted by Gasteiger charge is 2.78. The summed E-state index contributed by atoms with van der Waals surface area (Å²) in [5.41, 5.74) is 0.696. The van der Waals surface area contributed by atoms with E-state index < -0.39 is 6.04 Å². The second kappa shape index (κ2) is 5.15. The van der Waals surface area contributed by atoms with Gasteiger partial charge in [0, 0.05) is 0 Å². The van der Waals surface area contributed by atoms with Crippen LogP contribution in [0.4, 0.5) is 0 Å². The largest absolute Gasteiger partial charge is 0.469 e. The fourth-order valence-electron chi connectivity index (χ4n) is 3.35. The summed E-state index contributed by atoms with van der Waals surface area (Å²) in [6, 6.07) is 8.89. The molecule has 0 bridgehead atoms. The monoisotopic (exact) mass is 289 g/mol. The number of rotatable bonds is 5. The van der Waals surface area contributed by atoms with Gasteiger partial charge in [0.05, 0.1) is 31.6 Å². The van der Waals surface area contributed by atoms with Crippen molar-refractivity contribution >= 4 is 11.9 Å². The lowest BCUT2D eigenvalue weighted by atomic mass is 10.1. The van der Waals surface area contributed by atoms with Crippen LogP contribution in [0.1, 0.15) is 24.4 Å². The molecule has 0 aliphatic heterocycles. The molecule has 21 heavy (non-hydrogen) atoms. The smallest absolute Gasteiger partial charge is 0.310 e. The Morgan fingerprint density at radius 3 is 2.52 bits per heavy atom. The van der Waals surface area contributed by atoms with Crippen LogP contribution >= 0.6 is 0 Å². The van der Waals surface area contributed by atoms with Gasteiger partial charge in [0.2, 0.25) is 5.91 Å². The van der Waals surface area contributed by atoms with E-state index in [4.69, 9.17) is 4.74 Å². The molecular formula is C16H19NO4. The first kappa shape index (κ1) is 14.1. The van der Waals surface area contributed by atoms with Crippen LogP contribution in [0.25, 0.3) is 0 Å². The van der Waals surface area contributed by atoms with Crippen LogP contribution in [0, 0.1) is 17.3 Å². The molecule has 5 heteroatoms. The predicted molar refractivity (Wildman–Crippen MR) is 75.1 cm³/mol. The Bertz CT molecular complexity index is 553. The fraction of sp³-hybridized carbons (Fsp3) is 0.500. The molecule has 2 N–H and O–H groups in total. The number of aliphatic hydroxyl groups is 1. The maximum atomic E-state index is 12.4. The fourth-order valence-corrected chi connectivity index (χ4v) is 3.35. The van der Waals surface area contributed by atoms with E-state index in [1.807, 2.05) is 30.3 Å². The number of esters is 1. The quantitative estimate of drug-likeness (QED) is 0.794. The number of ether oxygens (including phenoxy) is 1. The summed E-state index contributed by atoms with van der Waals surface area (Å²) >= 11 is 0. The highest BCUT2D eigenvalue weighted by atomic mass is 16.5. The molecule has 3 rings (SSSR count). The van der Waals surface area contributed by atoms with Crippen molar-refractivity contribution in [3.05, 3.63) is 35.9 Å². The summed E-state index contributed by atoms with van der Waals surface area (Å²) in [6.07, 6.45) is 1.81. The van der Waals surface area contributed by atoms with Crippen molar-refractivity contribution in [3.8, 4) is 0 Å². The van der Waals surface area contributed by atoms with E-state index in [0.29, 0.717) is 0 Å². The molecule has 0 saturated heterocycles. The van der Waals surface area contributed by atoms with Crippen molar-refractivity contribution in [2.45, 2.75) is 18.9 Å². The van der Waals surface area contributed by atoms with Gasteiger partial charge in [-0.1, -0.05) is 30.3 Å². The van der Waals surface area contributed by atoms with Gasteiger partial charge in [0.15, 0.2) is 0 Å². The van der Waals surface area contributed by atoms with Crippen LogP contribution in [0.15, 0.2) is 30.3 Å². The highest BCUT2D eigenvalue weighted by Crippen LogP contribution is 2.75. The van der Waals surface area contributed by atoms with Crippen molar-refractivity contribution in [3.63, 3.8) is 0 Å². The van der Waals surface area contributed by atoms with Gasteiger partial charge in [0.25, 0.3) is 0 Å². The molecule has 3 atom stereocenters. The third-order valence-electron chi connectivity index (χ3n) is 4.73. The molecule has 2 aliphatic rings. The van der Waals surface area contributed by atoms with E-state index in [2.05, 4.69) is 5.32 Å². The SMILES string of the molecule is COC(=O)[C@H]1[C@H](C(=O)N[C@@H](CO)c2ccccc2)C12CC2. The van der Waals surface area contributed by atoms with Gasteiger partial charge in [-0.05, 0) is 23.8 Å². The van der Waals surface area contributed by atoms with E-state index in [1.54, 1.807) is 0 Å². The summed E-state index contributed by atoms with van der Waals surface area (Å²) in [5.74, 6) is -1.07. The van der Waals surface area contributed by atoms with E-state index in [1.165, 1.54) is 7.11 Å². The Hall–Kier alpha value is -1.88.